The molecule has 0 saturated carbocycles. The number of carbonyl (C=O) groups is 7. The Morgan fingerprint density at radius 3 is 2.00 bits per heavy atom. The lowest BCUT2D eigenvalue weighted by molar-refractivity contribution is -0.149. The van der Waals surface area contributed by atoms with Crippen molar-refractivity contribution in [2.24, 2.45) is 0 Å². The molecule has 2 aromatic rings. The Balaban J connectivity index is 1.63. The number of hydrogen-bond donors (Lipinski definition) is 3. The Labute approximate surface area is 219 Å². The zero-order chi connectivity index (χ0) is 28.3. The molecule has 12 nitrogen and oxygen atoms in total. The Morgan fingerprint density at radius 2 is 1.44 bits per heavy atom. The molecule has 3 aliphatic rings. The maximum Gasteiger partial charge on any atom is 0.335 e. The molecule has 0 aromatic heterocycles. The molecule has 3 unspecified atom stereocenters. The highest BCUT2D eigenvalue weighted by Gasteiger charge is 2.50. The van der Waals surface area contributed by atoms with Crippen molar-refractivity contribution in [2.45, 2.75) is 37.6 Å². The van der Waals surface area contributed by atoms with Crippen LogP contribution in [0.2, 0.25) is 0 Å². The van der Waals surface area contributed by atoms with E-state index in [1.165, 1.54) is 42.5 Å². The van der Waals surface area contributed by atoms with Crippen LogP contribution in [0.1, 0.15) is 72.4 Å². The molecule has 0 bridgehead atoms. The molecular weight excluding hydrogens is 512 g/mol. The van der Waals surface area contributed by atoms with E-state index >= 15 is 0 Å². The van der Waals surface area contributed by atoms with Gasteiger partial charge in [-0.25, -0.2) is 14.5 Å². The van der Waals surface area contributed by atoms with Gasteiger partial charge in [0.1, 0.15) is 6.04 Å². The lowest BCUT2D eigenvalue weighted by atomic mass is 9.72. The summed E-state index contributed by atoms with van der Waals surface area (Å²) in [4.78, 5) is 90.0. The van der Waals surface area contributed by atoms with Gasteiger partial charge in [0, 0.05) is 17.5 Å². The highest BCUT2D eigenvalue weighted by molar-refractivity contribution is 6.28. The fourth-order valence-electron chi connectivity index (χ4n) is 5.37. The zero-order valence-electron chi connectivity index (χ0n) is 20.3. The zero-order valence-corrected chi connectivity index (χ0v) is 20.3. The molecule has 0 saturated heterocycles. The number of rotatable bonds is 7. The topological polar surface area (TPSA) is 187 Å². The molecule has 2 aliphatic heterocycles. The SMILES string of the molecule is Cc1ccc(C(=O)O)cc1N1C(=O)c2ccc3c4c2C(C=CC4C(=O)N(C(CCC(=O)O)C(=O)O)C3=O)C1=O. The molecule has 198 valence electrons. The second kappa shape index (κ2) is 9.01. The number of aromatic carboxylic acids is 1. The molecule has 3 N–H and O–H groups in total. The van der Waals surface area contributed by atoms with Crippen LogP contribution in [0.3, 0.4) is 0 Å². The second-order valence-corrected chi connectivity index (χ2v) is 9.41. The van der Waals surface area contributed by atoms with E-state index in [0.29, 0.717) is 10.5 Å². The molecule has 5 rings (SSSR count). The first-order valence-electron chi connectivity index (χ1n) is 11.8. The first kappa shape index (κ1) is 25.5. The number of carboxylic acid groups (broad SMARTS) is 3. The molecule has 2 heterocycles. The van der Waals surface area contributed by atoms with Crippen molar-refractivity contribution in [1.29, 1.82) is 0 Å². The van der Waals surface area contributed by atoms with E-state index in [1.807, 2.05) is 0 Å². The fraction of sp³-hybridized carbons (Fsp3) is 0.222. The smallest absolute Gasteiger partial charge is 0.335 e. The number of benzene rings is 2. The lowest BCUT2D eigenvalue weighted by Gasteiger charge is -2.41. The molecule has 1 aliphatic carbocycles. The van der Waals surface area contributed by atoms with Crippen molar-refractivity contribution < 1.29 is 48.9 Å². The number of carboxylic acids is 3. The Bertz CT molecular complexity index is 1570. The minimum absolute atomic E-state index is 0.0440. The van der Waals surface area contributed by atoms with Crippen molar-refractivity contribution >= 4 is 47.2 Å². The number of anilines is 1. The van der Waals surface area contributed by atoms with Gasteiger partial charge < -0.3 is 15.3 Å². The van der Waals surface area contributed by atoms with Crippen molar-refractivity contribution in [3.8, 4) is 0 Å². The van der Waals surface area contributed by atoms with Gasteiger partial charge >= 0.3 is 17.9 Å². The number of aliphatic carboxylic acids is 2. The van der Waals surface area contributed by atoms with Crippen LogP contribution in [0.5, 0.6) is 0 Å². The van der Waals surface area contributed by atoms with Gasteiger partial charge in [0.15, 0.2) is 0 Å². The maximum atomic E-state index is 13.6. The summed E-state index contributed by atoms with van der Waals surface area (Å²) in [7, 11) is 0. The molecule has 4 amide bonds. The first-order valence-corrected chi connectivity index (χ1v) is 11.8. The van der Waals surface area contributed by atoms with Crippen LogP contribution in [0, 0.1) is 6.92 Å². The predicted octanol–water partition coefficient (Wildman–Crippen LogP) is 1.92. The van der Waals surface area contributed by atoms with Crippen LogP contribution in [-0.4, -0.2) is 67.8 Å². The number of amides is 4. The summed E-state index contributed by atoms with van der Waals surface area (Å²) < 4.78 is 0. The molecule has 39 heavy (non-hydrogen) atoms. The fourth-order valence-corrected chi connectivity index (χ4v) is 5.37. The highest BCUT2D eigenvalue weighted by atomic mass is 16.4. The van der Waals surface area contributed by atoms with Crippen LogP contribution < -0.4 is 4.90 Å². The van der Waals surface area contributed by atoms with Gasteiger partial charge in [-0.05, 0) is 54.3 Å². The third kappa shape index (κ3) is 3.79. The first-order chi connectivity index (χ1) is 18.4. The van der Waals surface area contributed by atoms with E-state index in [4.69, 9.17) is 5.11 Å². The quantitative estimate of drug-likeness (QED) is 0.351. The number of carbonyl (C=O) groups excluding carboxylic acids is 4. The monoisotopic (exact) mass is 532 g/mol. The molecule has 0 spiro atoms. The Hall–Kier alpha value is -5.13. The Morgan fingerprint density at radius 1 is 0.846 bits per heavy atom. The number of hydrogen-bond acceptors (Lipinski definition) is 7. The summed E-state index contributed by atoms with van der Waals surface area (Å²) >= 11 is 0. The normalized spacial score (nSPS) is 20.1. The summed E-state index contributed by atoms with van der Waals surface area (Å²) in [6.07, 6.45) is 1.68. The number of nitrogens with zero attached hydrogens (tertiary/aromatic N) is 2. The maximum absolute atomic E-state index is 13.6. The van der Waals surface area contributed by atoms with Gasteiger partial charge in [0.05, 0.1) is 23.1 Å². The third-order valence-corrected chi connectivity index (χ3v) is 7.20. The van der Waals surface area contributed by atoms with Crippen molar-refractivity contribution in [2.75, 3.05) is 4.90 Å². The van der Waals surface area contributed by atoms with Gasteiger partial charge in [0.25, 0.3) is 11.8 Å². The van der Waals surface area contributed by atoms with Crippen LogP contribution in [0.15, 0.2) is 42.5 Å². The van der Waals surface area contributed by atoms with Gasteiger partial charge in [-0.3, -0.25) is 28.9 Å². The van der Waals surface area contributed by atoms with Gasteiger partial charge in [-0.2, -0.15) is 0 Å². The molecule has 3 atom stereocenters. The molecule has 0 radical (unpaired) electrons. The average molecular weight is 532 g/mol. The van der Waals surface area contributed by atoms with E-state index in [1.54, 1.807) is 6.92 Å². The van der Waals surface area contributed by atoms with E-state index < -0.39 is 72.3 Å². The van der Waals surface area contributed by atoms with Crippen LogP contribution in [-0.2, 0) is 19.2 Å². The van der Waals surface area contributed by atoms with E-state index in [0.717, 1.165) is 4.90 Å². The van der Waals surface area contributed by atoms with Crippen molar-refractivity contribution in [3.63, 3.8) is 0 Å². The number of aryl methyl sites for hydroxylation is 1. The van der Waals surface area contributed by atoms with Crippen LogP contribution in [0.4, 0.5) is 5.69 Å². The molecule has 2 aromatic carbocycles. The van der Waals surface area contributed by atoms with Crippen molar-refractivity contribution in [1.82, 2.24) is 4.90 Å². The highest BCUT2D eigenvalue weighted by Crippen LogP contribution is 2.46. The van der Waals surface area contributed by atoms with Crippen LogP contribution in [0.25, 0.3) is 0 Å². The molecule has 12 heteroatoms. The largest absolute Gasteiger partial charge is 0.481 e. The number of imide groups is 2. The lowest BCUT2D eigenvalue weighted by Crippen LogP contribution is -2.55. The minimum Gasteiger partial charge on any atom is -0.481 e. The summed E-state index contributed by atoms with van der Waals surface area (Å²) in [5.74, 6) is -9.64. The standard InChI is InChI=1S/C27H20N2O10/c1-11-2-3-12(26(36)37)10-18(11)29-24(34)15-6-4-13-20-14(5-7-16(21(15)20)25(29)35)23(33)28(22(13)32)17(27(38)39)8-9-19(30)31/h2-7,10,13,15,17H,8-9H2,1H3,(H,30,31)(H,36,37)(H,38,39). The summed E-state index contributed by atoms with van der Waals surface area (Å²) in [6.45, 7) is 1.62. The Kier molecular flexibility index (Phi) is 5.90. The van der Waals surface area contributed by atoms with E-state index in [-0.39, 0.29) is 33.5 Å². The third-order valence-electron chi connectivity index (χ3n) is 7.20. The minimum atomic E-state index is -1.72. The van der Waals surface area contributed by atoms with Gasteiger partial charge in [0.2, 0.25) is 11.8 Å². The van der Waals surface area contributed by atoms with E-state index in [2.05, 4.69) is 0 Å². The summed E-state index contributed by atoms with van der Waals surface area (Å²) in [5.41, 5.74) is 0.713. The predicted molar refractivity (Wildman–Crippen MR) is 130 cm³/mol. The summed E-state index contributed by atoms with van der Waals surface area (Å²) in [5, 5.41) is 28.1. The van der Waals surface area contributed by atoms with Gasteiger partial charge in [-0.1, -0.05) is 18.2 Å². The summed E-state index contributed by atoms with van der Waals surface area (Å²) in [6, 6.07) is 4.92. The van der Waals surface area contributed by atoms with Crippen molar-refractivity contribution in [3.05, 3.63) is 75.9 Å². The average Bonchev–Trinajstić information content (AvgIpc) is 2.88. The van der Waals surface area contributed by atoms with Crippen LogP contribution >= 0.6 is 0 Å². The van der Waals surface area contributed by atoms with E-state index in [9.17, 15) is 43.8 Å². The molecule has 0 fully saturated rings. The van der Waals surface area contributed by atoms with Gasteiger partial charge in [-0.15, -0.1) is 0 Å². The molecular formula is C27H20N2O10. The second-order valence-electron chi connectivity index (χ2n) is 9.41.